The Morgan fingerprint density at radius 3 is 2.80 bits per heavy atom. The summed E-state index contributed by atoms with van der Waals surface area (Å²) >= 11 is 0. The van der Waals surface area contributed by atoms with E-state index in [0.29, 0.717) is 5.56 Å². The molecule has 25 heavy (non-hydrogen) atoms. The lowest BCUT2D eigenvalue weighted by Gasteiger charge is -2.32. The highest BCUT2D eigenvalue weighted by atomic mass is 16.5. The summed E-state index contributed by atoms with van der Waals surface area (Å²) in [5.41, 5.74) is 1.54. The van der Waals surface area contributed by atoms with Crippen molar-refractivity contribution in [3.05, 3.63) is 30.0 Å². The lowest BCUT2D eigenvalue weighted by Crippen LogP contribution is -2.41. The van der Waals surface area contributed by atoms with Gasteiger partial charge in [-0.15, -0.1) is 0 Å². The van der Waals surface area contributed by atoms with Crippen LogP contribution >= 0.6 is 0 Å². The number of carbonyl (C=O) groups is 1. The highest BCUT2D eigenvalue weighted by Gasteiger charge is 2.25. The van der Waals surface area contributed by atoms with E-state index in [4.69, 9.17) is 4.74 Å². The maximum Gasteiger partial charge on any atom is 0.256 e. The van der Waals surface area contributed by atoms with Gasteiger partial charge in [-0.2, -0.15) is 5.10 Å². The standard InChI is InChI=1S/C19H26N4O2/c24-19(17-5-3-4-15-14-20-21-18(15)17)23-10-6-16(7-11-23)25-13-12-22-8-1-2-9-22/h3-5,14,16H,1-2,6-13H2,(H,20,21). The monoisotopic (exact) mass is 342 g/mol. The van der Waals surface area contributed by atoms with Crippen molar-refractivity contribution in [1.29, 1.82) is 0 Å². The minimum atomic E-state index is 0.0883. The van der Waals surface area contributed by atoms with Crippen molar-refractivity contribution < 1.29 is 9.53 Å². The van der Waals surface area contributed by atoms with E-state index in [2.05, 4.69) is 15.1 Å². The SMILES string of the molecule is O=C(c1cccc2cn[nH]c12)N1CCC(OCCN2CCCC2)CC1. The van der Waals surface area contributed by atoms with Gasteiger partial charge in [0.1, 0.15) is 0 Å². The van der Waals surface area contributed by atoms with Crippen LogP contribution in [0, 0.1) is 0 Å². The van der Waals surface area contributed by atoms with Crippen LogP contribution in [0.2, 0.25) is 0 Å². The number of aromatic amines is 1. The zero-order chi connectivity index (χ0) is 17.1. The molecule has 3 heterocycles. The molecule has 2 aromatic rings. The van der Waals surface area contributed by atoms with E-state index >= 15 is 0 Å². The van der Waals surface area contributed by atoms with Gasteiger partial charge in [0, 0.05) is 25.0 Å². The fourth-order valence-electron chi connectivity index (χ4n) is 3.90. The summed E-state index contributed by atoms with van der Waals surface area (Å²) in [7, 11) is 0. The number of nitrogens with one attached hydrogen (secondary N) is 1. The zero-order valence-corrected chi connectivity index (χ0v) is 14.6. The molecule has 0 spiro atoms. The van der Waals surface area contributed by atoms with Crippen LogP contribution in [-0.2, 0) is 4.74 Å². The molecule has 6 nitrogen and oxygen atoms in total. The number of fused-ring (bicyclic) bond motifs is 1. The molecule has 0 unspecified atom stereocenters. The van der Waals surface area contributed by atoms with Gasteiger partial charge >= 0.3 is 0 Å². The van der Waals surface area contributed by atoms with Gasteiger partial charge in [-0.25, -0.2) is 0 Å². The first-order chi connectivity index (χ1) is 12.3. The van der Waals surface area contributed by atoms with Crippen molar-refractivity contribution in [3.63, 3.8) is 0 Å². The Balaban J connectivity index is 1.28. The van der Waals surface area contributed by atoms with E-state index in [9.17, 15) is 4.79 Å². The first kappa shape index (κ1) is 16.5. The molecule has 6 heteroatoms. The highest BCUT2D eigenvalue weighted by molar-refractivity contribution is 6.05. The minimum absolute atomic E-state index is 0.0883. The number of aromatic nitrogens is 2. The fraction of sp³-hybridized carbons (Fsp3) is 0.579. The zero-order valence-electron chi connectivity index (χ0n) is 14.6. The first-order valence-corrected chi connectivity index (χ1v) is 9.36. The number of hydrogen-bond donors (Lipinski definition) is 1. The van der Waals surface area contributed by atoms with Crippen molar-refractivity contribution in [2.75, 3.05) is 39.3 Å². The molecule has 0 saturated carbocycles. The lowest BCUT2D eigenvalue weighted by atomic mass is 10.1. The summed E-state index contributed by atoms with van der Waals surface area (Å²) in [6, 6.07) is 5.76. The summed E-state index contributed by atoms with van der Waals surface area (Å²) < 4.78 is 6.04. The van der Waals surface area contributed by atoms with E-state index in [1.807, 2.05) is 23.1 Å². The van der Waals surface area contributed by atoms with Gasteiger partial charge in [0.15, 0.2) is 0 Å². The van der Waals surface area contributed by atoms with E-state index in [-0.39, 0.29) is 12.0 Å². The molecule has 2 aliphatic rings. The third kappa shape index (κ3) is 3.70. The Morgan fingerprint density at radius 2 is 2.00 bits per heavy atom. The number of benzene rings is 1. The number of rotatable bonds is 5. The largest absolute Gasteiger partial charge is 0.377 e. The molecular formula is C19H26N4O2. The maximum atomic E-state index is 12.8. The average molecular weight is 342 g/mol. The number of para-hydroxylation sites is 1. The molecule has 1 aromatic heterocycles. The van der Waals surface area contributed by atoms with E-state index in [1.54, 1.807) is 6.20 Å². The summed E-state index contributed by atoms with van der Waals surface area (Å²) in [6.07, 6.45) is 6.53. The predicted molar refractivity (Wildman–Crippen MR) is 96.6 cm³/mol. The number of hydrogen-bond acceptors (Lipinski definition) is 4. The first-order valence-electron chi connectivity index (χ1n) is 9.36. The van der Waals surface area contributed by atoms with Crippen LogP contribution in [0.25, 0.3) is 10.9 Å². The maximum absolute atomic E-state index is 12.8. The summed E-state index contributed by atoms with van der Waals surface area (Å²) in [4.78, 5) is 17.3. The molecule has 1 amide bonds. The van der Waals surface area contributed by atoms with Gasteiger partial charge in [-0.05, 0) is 44.8 Å². The van der Waals surface area contributed by atoms with Gasteiger partial charge in [0.2, 0.25) is 0 Å². The molecule has 134 valence electrons. The highest BCUT2D eigenvalue weighted by Crippen LogP contribution is 2.21. The third-order valence-corrected chi connectivity index (χ3v) is 5.40. The van der Waals surface area contributed by atoms with Crippen molar-refractivity contribution >= 4 is 16.8 Å². The van der Waals surface area contributed by atoms with Crippen LogP contribution in [0.15, 0.2) is 24.4 Å². The molecule has 0 atom stereocenters. The third-order valence-electron chi connectivity index (χ3n) is 5.40. The van der Waals surface area contributed by atoms with Crippen LogP contribution in [0.1, 0.15) is 36.0 Å². The summed E-state index contributed by atoms with van der Waals surface area (Å²) in [5, 5.41) is 7.97. The minimum Gasteiger partial charge on any atom is -0.377 e. The molecule has 0 aliphatic carbocycles. The van der Waals surface area contributed by atoms with Crippen molar-refractivity contribution in [2.24, 2.45) is 0 Å². The number of nitrogens with zero attached hydrogens (tertiary/aromatic N) is 3. The van der Waals surface area contributed by atoms with Crippen LogP contribution in [-0.4, -0.2) is 71.3 Å². The Kier molecular flexibility index (Phi) is 4.99. The number of carbonyl (C=O) groups excluding carboxylic acids is 1. The van der Waals surface area contributed by atoms with Crippen LogP contribution in [0.5, 0.6) is 0 Å². The van der Waals surface area contributed by atoms with Crippen LogP contribution < -0.4 is 0 Å². The number of amides is 1. The van der Waals surface area contributed by atoms with Gasteiger partial charge < -0.3 is 14.5 Å². The van der Waals surface area contributed by atoms with E-state index < -0.39 is 0 Å². The van der Waals surface area contributed by atoms with Crippen molar-refractivity contribution in [1.82, 2.24) is 20.0 Å². The second kappa shape index (κ2) is 7.54. The van der Waals surface area contributed by atoms with Gasteiger partial charge in [0.25, 0.3) is 5.91 Å². The van der Waals surface area contributed by atoms with Crippen molar-refractivity contribution in [2.45, 2.75) is 31.8 Å². The molecular weight excluding hydrogens is 316 g/mol. The topological polar surface area (TPSA) is 61.5 Å². The predicted octanol–water partition coefficient (Wildman–Crippen LogP) is 2.28. The number of H-pyrrole nitrogens is 1. The number of piperidine rings is 1. The molecule has 1 N–H and O–H groups in total. The molecule has 4 rings (SSSR count). The molecule has 0 radical (unpaired) electrons. The Labute approximate surface area is 148 Å². The van der Waals surface area contributed by atoms with Crippen molar-refractivity contribution in [3.8, 4) is 0 Å². The quantitative estimate of drug-likeness (QED) is 0.905. The van der Waals surface area contributed by atoms with Crippen LogP contribution in [0.4, 0.5) is 0 Å². The van der Waals surface area contributed by atoms with Gasteiger partial charge in [0.05, 0.1) is 30.0 Å². The molecule has 0 bridgehead atoms. The second-order valence-corrected chi connectivity index (χ2v) is 7.05. The normalized spacial score (nSPS) is 19.8. The van der Waals surface area contributed by atoms with E-state index in [1.165, 1.54) is 25.9 Å². The molecule has 2 fully saturated rings. The molecule has 1 aromatic carbocycles. The summed E-state index contributed by atoms with van der Waals surface area (Å²) in [6.45, 7) is 5.81. The average Bonchev–Trinajstić information content (AvgIpc) is 3.33. The lowest BCUT2D eigenvalue weighted by molar-refractivity contribution is 0.00212. The Hall–Kier alpha value is -1.92. The number of likely N-dealkylation sites (tertiary alicyclic amines) is 2. The molecule has 2 aliphatic heterocycles. The van der Waals surface area contributed by atoms with Gasteiger partial charge in [-0.3, -0.25) is 9.89 Å². The fourth-order valence-corrected chi connectivity index (χ4v) is 3.90. The van der Waals surface area contributed by atoms with Crippen LogP contribution in [0.3, 0.4) is 0 Å². The van der Waals surface area contributed by atoms with E-state index in [0.717, 1.165) is 50.0 Å². The second-order valence-electron chi connectivity index (χ2n) is 7.05. The van der Waals surface area contributed by atoms with Gasteiger partial charge in [-0.1, -0.05) is 12.1 Å². The Morgan fingerprint density at radius 1 is 1.20 bits per heavy atom. The Bertz CT molecular complexity index is 715. The molecule has 2 saturated heterocycles. The summed E-state index contributed by atoms with van der Waals surface area (Å²) in [5.74, 6) is 0.0883. The number of ether oxygens (including phenoxy) is 1. The smallest absolute Gasteiger partial charge is 0.256 e.